The van der Waals surface area contributed by atoms with E-state index in [0.717, 1.165) is 11.1 Å². The van der Waals surface area contributed by atoms with Crippen molar-refractivity contribution in [2.45, 2.75) is 31.7 Å². The van der Waals surface area contributed by atoms with Crippen LogP contribution in [0.4, 0.5) is 0 Å². The number of hydrogen-bond donors (Lipinski definition) is 1. The van der Waals surface area contributed by atoms with Crippen LogP contribution in [0.5, 0.6) is 0 Å². The summed E-state index contributed by atoms with van der Waals surface area (Å²) in [6.45, 7) is 5.49. The number of sulfonamides is 1. The standard InChI is InChI=1S/C20H23NO4S/c1-5-18(20(22)25-4)19(16-10-6-14(2)7-11-16)21-26(23,24)17-12-8-15(3)9-13-17/h5-13,19,21H,1-4H3. The predicted octanol–water partition coefficient (Wildman–Crippen LogP) is 3.44. The van der Waals surface area contributed by atoms with Crippen LogP contribution in [0, 0.1) is 13.8 Å². The highest BCUT2D eigenvalue weighted by molar-refractivity contribution is 7.89. The largest absolute Gasteiger partial charge is 0.466 e. The number of benzene rings is 2. The molecule has 1 unspecified atom stereocenters. The molecule has 2 aromatic rings. The minimum atomic E-state index is -3.83. The Hall–Kier alpha value is -2.44. The zero-order chi connectivity index (χ0) is 19.3. The van der Waals surface area contributed by atoms with Crippen molar-refractivity contribution in [1.82, 2.24) is 4.72 Å². The molecule has 0 amide bonds. The molecule has 0 spiro atoms. The molecule has 0 bridgehead atoms. The summed E-state index contributed by atoms with van der Waals surface area (Å²) in [4.78, 5) is 12.3. The van der Waals surface area contributed by atoms with Crippen molar-refractivity contribution in [3.63, 3.8) is 0 Å². The highest BCUT2D eigenvalue weighted by Gasteiger charge is 2.28. The second-order valence-electron chi connectivity index (χ2n) is 6.01. The molecule has 1 N–H and O–H groups in total. The van der Waals surface area contributed by atoms with Gasteiger partial charge in [0, 0.05) is 0 Å². The highest BCUT2D eigenvalue weighted by atomic mass is 32.2. The second kappa shape index (κ2) is 8.29. The molecule has 5 nitrogen and oxygen atoms in total. The number of esters is 1. The first-order chi connectivity index (χ1) is 12.3. The van der Waals surface area contributed by atoms with Gasteiger partial charge in [-0.05, 0) is 38.5 Å². The molecule has 0 aromatic heterocycles. The van der Waals surface area contributed by atoms with E-state index in [-0.39, 0.29) is 10.5 Å². The summed E-state index contributed by atoms with van der Waals surface area (Å²) in [5.41, 5.74) is 2.88. The number of ether oxygens (including phenoxy) is 1. The van der Waals surface area contributed by atoms with Gasteiger partial charge in [0.15, 0.2) is 0 Å². The van der Waals surface area contributed by atoms with Gasteiger partial charge >= 0.3 is 5.97 Å². The molecule has 0 saturated heterocycles. The third kappa shape index (κ3) is 4.59. The molecule has 0 aliphatic carbocycles. The summed E-state index contributed by atoms with van der Waals surface area (Å²) in [6, 6.07) is 13.0. The summed E-state index contributed by atoms with van der Waals surface area (Å²) in [6.07, 6.45) is 1.56. The first-order valence-corrected chi connectivity index (χ1v) is 9.67. The van der Waals surface area contributed by atoms with Gasteiger partial charge in [0.05, 0.1) is 23.6 Å². The van der Waals surface area contributed by atoms with E-state index in [4.69, 9.17) is 4.74 Å². The van der Waals surface area contributed by atoms with Crippen molar-refractivity contribution in [3.05, 3.63) is 76.9 Å². The van der Waals surface area contributed by atoms with E-state index >= 15 is 0 Å². The van der Waals surface area contributed by atoms with E-state index in [9.17, 15) is 13.2 Å². The number of carbonyl (C=O) groups excluding carboxylic acids is 1. The van der Waals surface area contributed by atoms with Crippen LogP contribution >= 0.6 is 0 Å². The lowest BCUT2D eigenvalue weighted by Crippen LogP contribution is -2.32. The molecule has 0 aliphatic rings. The van der Waals surface area contributed by atoms with Crippen molar-refractivity contribution in [2.75, 3.05) is 7.11 Å². The van der Waals surface area contributed by atoms with Crippen LogP contribution in [-0.2, 0) is 19.6 Å². The van der Waals surface area contributed by atoms with Gasteiger partial charge in [-0.2, -0.15) is 4.72 Å². The first kappa shape index (κ1) is 19.9. The van der Waals surface area contributed by atoms with Crippen LogP contribution in [0.1, 0.15) is 29.7 Å². The molecule has 1 atom stereocenters. The summed E-state index contributed by atoms with van der Waals surface area (Å²) < 4.78 is 33.1. The topological polar surface area (TPSA) is 72.5 Å². The van der Waals surface area contributed by atoms with E-state index < -0.39 is 22.0 Å². The third-order valence-corrected chi connectivity index (χ3v) is 5.50. The van der Waals surface area contributed by atoms with Gasteiger partial charge in [-0.15, -0.1) is 0 Å². The number of rotatable bonds is 6. The van der Waals surface area contributed by atoms with E-state index in [0.29, 0.717) is 5.56 Å². The fourth-order valence-corrected chi connectivity index (χ4v) is 3.73. The average molecular weight is 373 g/mol. The zero-order valence-corrected chi connectivity index (χ0v) is 16.1. The SMILES string of the molecule is CC=C(C(=O)OC)C(NS(=O)(=O)c1ccc(C)cc1)c1ccc(C)cc1. The lowest BCUT2D eigenvalue weighted by Gasteiger charge is -2.21. The lowest BCUT2D eigenvalue weighted by atomic mass is 9.98. The Labute approximate surface area is 154 Å². The van der Waals surface area contributed by atoms with Crippen LogP contribution in [0.25, 0.3) is 0 Å². The number of allylic oxidation sites excluding steroid dienone is 1. The monoisotopic (exact) mass is 373 g/mol. The average Bonchev–Trinajstić information content (AvgIpc) is 2.62. The maximum absolute atomic E-state index is 12.8. The fraction of sp³-hybridized carbons (Fsp3) is 0.250. The number of hydrogen-bond acceptors (Lipinski definition) is 4. The van der Waals surface area contributed by atoms with Crippen molar-refractivity contribution in [3.8, 4) is 0 Å². The summed E-state index contributed by atoms with van der Waals surface area (Å²) >= 11 is 0. The summed E-state index contributed by atoms with van der Waals surface area (Å²) in [7, 11) is -2.56. The van der Waals surface area contributed by atoms with Gasteiger partial charge in [-0.25, -0.2) is 13.2 Å². The van der Waals surface area contributed by atoms with Crippen molar-refractivity contribution in [1.29, 1.82) is 0 Å². The van der Waals surface area contributed by atoms with Crippen molar-refractivity contribution >= 4 is 16.0 Å². The maximum Gasteiger partial charge on any atom is 0.335 e. The predicted molar refractivity (Wildman–Crippen MR) is 101 cm³/mol. The molecule has 0 aliphatic heterocycles. The molecule has 26 heavy (non-hydrogen) atoms. The van der Waals surface area contributed by atoms with Crippen LogP contribution in [0.15, 0.2) is 65.1 Å². The Bertz CT molecular complexity index is 898. The van der Waals surface area contributed by atoms with Gasteiger partial charge < -0.3 is 4.74 Å². The second-order valence-corrected chi connectivity index (χ2v) is 7.73. The Morgan fingerprint density at radius 3 is 1.96 bits per heavy atom. The van der Waals surface area contributed by atoms with E-state index in [1.807, 2.05) is 26.0 Å². The first-order valence-electron chi connectivity index (χ1n) is 8.18. The maximum atomic E-state index is 12.8. The molecular weight excluding hydrogens is 350 g/mol. The Kier molecular flexibility index (Phi) is 6.34. The highest BCUT2D eigenvalue weighted by Crippen LogP contribution is 2.26. The normalized spacial score (nSPS) is 13.3. The van der Waals surface area contributed by atoms with E-state index in [1.165, 1.54) is 19.2 Å². The molecule has 2 rings (SSSR count). The number of carbonyl (C=O) groups is 1. The van der Waals surface area contributed by atoms with Gasteiger partial charge in [0.1, 0.15) is 0 Å². The Morgan fingerprint density at radius 1 is 1.00 bits per heavy atom. The molecule has 0 heterocycles. The third-order valence-electron chi connectivity index (χ3n) is 4.06. The molecule has 0 radical (unpaired) electrons. The Morgan fingerprint density at radius 2 is 1.50 bits per heavy atom. The zero-order valence-electron chi connectivity index (χ0n) is 15.3. The molecular formula is C20H23NO4S. The van der Waals surface area contributed by atoms with Crippen LogP contribution < -0.4 is 4.72 Å². The van der Waals surface area contributed by atoms with Gasteiger partial charge in [-0.1, -0.05) is 53.6 Å². The van der Waals surface area contributed by atoms with E-state index in [1.54, 1.807) is 37.3 Å². The minimum Gasteiger partial charge on any atom is -0.466 e. The fourth-order valence-electron chi connectivity index (χ4n) is 2.53. The number of nitrogens with one attached hydrogen (secondary N) is 1. The van der Waals surface area contributed by atoms with Crippen LogP contribution in [0.3, 0.4) is 0 Å². The smallest absolute Gasteiger partial charge is 0.335 e. The van der Waals surface area contributed by atoms with Crippen molar-refractivity contribution < 1.29 is 17.9 Å². The van der Waals surface area contributed by atoms with Gasteiger partial charge in [-0.3, -0.25) is 0 Å². The molecule has 2 aromatic carbocycles. The van der Waals surface area contributed by atoms with Crippen LogP contribution in [-0.4, -0.2) is 21.5 Å². The number of methoxy groups -OCH3 is 1. The lowest BCUT2D eigenvalue weighted by molar-refractivity contribution is -0.136. The molecule has 0 fully saturated rings. The number of aryl methyl sites for hydroxylation is 2. The van der Waals surface area contributed by atoms with Crippen molar-refractivity contribution in [2.24, 2.45) is 0 Å². The molecule has 0 saturated carbocycles. The van der Waals surface area contributed by atoms with Gasteiger partial charge in [0.25, 0.3) is 0 Å². The van der Waals surface area contributed by atoms with Crippen LogP contribution in [0.2, 0.25) is 0 Å². The quantitative estimate of drug-likeness (QED) is 0.622. The van der Waals surface area contributed by atoms with Gasteiger partial charge in [0.2, 0.25) is 10.0 Å². The van der Waals surface area contributed by atoms with E-state index in [2.05, 4.69) is 4.72 Å². The minimum absolute atomic E-state index is 0.139. The molecule has 138 valence electrons. The Balaban J connectivity index is 2.48. The summed E-state index contributed by atoms with van der Waals surface area (Å²) in [5, 5.41) is 0. The molecule has 6 heteroatoms. The summed E-state index contributed by atoms with van der Waals surface area (Å²) in [5.74, 6) is -0.579.